The number of hydrogen-bond acceptors (Lipinski definition) is 4. The largest absolute Gasteiger partial charge is 0.396 e. The van der Waals surface area contributed by atoms with Crippen molar-refractivity contribution in [2.75, 3.05) is 43.9 Å². The number of aromatic nitrogens is 1. The Labute approximate surface area is 98.1 Å². The average molecular weight is 222 g/mol. The van der Waals surface area contributed by atoms with E-state index in [0.717, 1.165) is 37.7 Å². The smallest absolute Gasteiger partial charge is 0.151 e. The van der Waals surface area contributed by atoms with Crippen molar-refractivity contribution in [2.24, 2.45) is 0 Å². The summed E-state index contributed by atoms with van der Waals surface area (Å²) >= 11 is 0. The Kier molecular flexibility index (Phi) is 5.05. The van der Waals surface area contributed by atoms with Gasteiger partial charge in [-0.1, -0.05) is 13.8 Å². The van der Waals surface area contributed by atoms with Gasteiger partial charge in [-0.25, -0.2) is 4.98 Å². The van der Waals surface area contributed by atoms with E-state index in [1.54, 1.807) is 6.20 Å². The van der Waals surface area contributed by atoms with Gasteiger partial charge >= 0.3 is 0 Å². The van der Waals surface area contributed by atoms with Crippen LogP contribution in [0.3, 0.4) is 0 Å². The van der Waals surface area contributed by atoms with Crippen molar-refractivity contribution in [1.82, 2.24) is 9.88 Å². The lowest BCUT2D eigenvalue weighted by molar-refractivity contribution is 0.312. The van der Waals surface area contributed by atoms with Crippen molar-refractivity contribution >= 4 is 11.5 Å². The summed E-state index contributed by atoms with van der Waals surface area (Å²) < 4.78 is 0. The molecule has 2 N–H and O–H groups in total. The second-order valence-electron chi connectivity index (χ2n) is 3.71. The number of rotatable bonds is 1. The summed E-state index contributed by atoms with van der Waals surface area (Å²) in [5, 5.41) is 0. The van der Waals surface area contributed by atoms with Gasteiger partial charge in [0.1, 0.15) is 0 Å². The van der Waals surface area contributed by atoms with Gasteiger partial charge in [0.2, 0.25) is 0 Å². The number of nitrogens with two attached hydrogens (primary N) is 1. The lowest BCUT2D eigenvalue weighted by atomic mass is 10.3. The van der Waals surface area contributed by atoms with E-state index in [9.17, 15) is 0 Å². The minimum Gasteiger partial charge on any atom is -0.396 e. The molecule has 4 nitrogen and oxygen atoms in total. The molecule has 0 aliphatic carbocycles. The first-order valence-corrected chi connectivity index (χ1v) is 5.91. The normalized spacial score (nSPS) is 16.6. The molecule has 1 fully saturated rings. The molecule has 1 aromatic rings. The van der Waals surface area contributed by atoms with E-state index in [0.29, 0.717) is 0 Å². The highest BCUT2D eigenvalue weighted by Crippen LogP contribution is 2.19. The minimum absolute atomic E-state index is 0.775. The number of anilines is 2. The third-order valence-electron chi connectivity index (χ3n) is 2.62. The van der Waals surface area contributed by atoms with Crippen LogP contribution in [-0.4, -0.2) is 43.1 Å². The number of nitrogens with zero attached hydrogens (tertiary/aromatic N) is 3. The van der Waals surface area contributed by atoms with Crippen LogP contribution in [0.2, 0.25) is 0 Å². The van der Waals surface area contributed by atoms with Gasteiger partial charge in [-0.05, 0) is 19.2 Å². The Morgan fingerprint density at radius 2 is 1.81 bits per heavy atom. The third-order valence-corrected chi connectivity index (χ3v) is 2.62. The first-order valence-electron chi connectivity index (χ1n) is 5.91. The van der Waals surface area contributed by atoms with Crippen molar-refractivity contribution < 1.29 is 0 Å². The molecule has 1 aromatic heterocycles. The monoisotopic (exact) mass is 222 g/mol. The van der Waals surface area contributed by atoms with Crippen LogP contribution in [0.15, 0.2) is 18.3 Å². The van der Waals surface area contributed by atoms with E-state index in [-0.39, 0.29) is 0 Å². The Morgan fingerprint density at radius 1 is 1.19 bits per heavy atom. The van der Waals surface area contributed by atoms with E-state index < -0.39 is 0 Å². The van der Waals surface area contributed by atoms with Crippen LogP contribution in [0.25, 0.3) is 0 Å². The molecule has 90 valence electrons. The molecular weight excluding hydrogens is 200 g/mol. The second kappa shape index (κ2) is 6.33. The molecule has 1 aliphatic rings. The summed E-state index contributed by atoms with van der Waals surface area (Å²) in [7, 11) is 2.14. The van der Waals surface area contributed by atoms with Gasteiger partial charge in [-0.3, -0.25) is 0 Å². The number of likely N-dealkylation sites (N-methyl/N-ethyl adjacent to an activating group) is 1. The van der Waals surface area contributed by atoms with Crippen LogP contribution in [-0.2, 0) is 0 Å². The molecule has 1 saturated heterocycles. The Morgan fingerprint density at radius 3 is 2.38 bits per heavy atom. The van der Waals surface area contributed by atoms with E-state index in [1.165, 1.54) is 0 Å². The van der Waals surface area contributed by atoms with E-state index in [4.69, 9.17) is 5.73 Å². The maximum Gasteiger partial charge on any atom is 0.151 e. The van der Waals surface area contributed by atoms with Crippen LogP contribution >= 0.6 is 0 Å². The van der Waals surface area contributed by atoms with Gasteiger partial charge < -0.3 is 15.5 Å². The average Bonchev–Trinajstić information content (AvgIpc) is 2.34. The molecule has 0 atom stereocenters. The van der Waals surface area contributed by atoms with Gasteiger partial charge in [0.25, 0.3) is 0 Å². The maximum atomic E-state index is 5.87. The lowest BCUT2D eigenvalue weighted by Crippen LogP contribution is -2.45. The van der Waals surface area contributed by atoms with Crippen LogP contribution in [0.4, 0.5) is 11.5 Å². The van der Waals surface area contributed by atoms with Crippen LogP contribution in [0, 0.1) is 0 Å². The van der Waals surface area contributed by atoms with Crippen molar-refractivity contribution in [3.63, 3.8) is 0 Å². The molecule has 2 heterocycles. The molecule has 0 unspecified atom stereocenters. The van der Waals surface area contributed by atoms with Gasteiger partial charge in [-0.15, -0.1) is 0 Å². The SMILES string of the molecule is CC.CN1CCN(c2ncccc2N)CC1. The molecule has 0 bridgehead atoms. The molecule has 0 saturated carbocycles. The highest BCUT2D eigenvalue weighted by molar-refractivity contribution is 5.62. The van der Waals surface area contributed by atoms with Gasteiger partial charge in [-0.2, -0.15) is 0 Å². The highest BCUT2D eigenvalue weighted by Gasteiger charge is 2.16. The molecule has 0 amide bonds. The van der Waals surface area contributed by atoms with Gasteiger partial charge in [0.15, 0.2) is 5.82 Å². The van der Waals surface area contributed by atoms with E-state index in [2.05, 4.69) is 21.8 Å². The molecule has 0 radical (unpaired) electrons. The Balaban J connectivity index is 0.000000606. The van der Waals surface area contributed by atoms with E-state index >= 15 is 0 Å². The predicted octanol–water partition coefficient (Wildman–Crippen LogP) is 1.44. The summed E-state index contributed by atoms with van der Waals surface area (Å²) in [6, 6.07) is 3.77. The second-order valence-corrected chi connectivity index (χ2v) is 3.71. The zero-order chi connectivity index (χ0) is 12.0. The third kappa shape index (κ3) is 3.10. The fraction of sp³-hybridized carbons (Fsp3) is 0.583. The summed E-state index contributed by atoms with van der Waals surface area (Å²) in [4.78, 5) is 8.87. The van der Waals surface area contributed by atoms with Crippen LogP contribution < -0.4 is 10.6 Å². The zero-order valence-electron chi connectivity index (χ0n) is 10.5. The molecule has 0 spiro atoms. The molecule has 16 heavy (non-hydrogen) atoms. The van der Waals surface area contributed by atoms with Crippen molar-refractivity contribution in [2.45, 2.75) is 13.8 Å². The van der Waals surface area contributed by atoms with Crippen LogP contribution in [0.1, 0.15) is 13.8 Å². The molecular formula is C12H22N4. The standard InChI is InChI=1S/C10H16N4.C2H6/c1-13-5-7-14(8-6-13)10-9(11)3-2-4-12-10;1-2/h2-4H,5-8,11H2,1H3;1-2H3. The molecule has 0 aromatic carbocycles. The van der Waals surface area contributed by atoms with Crippen molar-refractivity contribution in [3.05, 3.63) is 18.3 Å². The first kappa shape index (κ1) is 12.8. The number of pyridine rings is 1. The molecule has 2 rings (SSSR count). The molecule has 1 aliphatic heterocycles. The first-order chi connectivity index (χ1) is 7.77. The summed E-state index contributed by atoms with van der Waals surface area (Å²) in [6.07, 6.45) is 1.80. The van der Waals surface area contributed by atoms with Gasteiger partial charge in [0, 0.05) is 32.4 Å². The minimum atomic E-state index is 0.775. The maximum absolute atomic E-state index is 5.87. The summed E-state index contributed by atoms with van der Waals surface area (Å²) in [5.41, 5.74) is 6.64. The van der Waals surface area contributed by atoms with Crippen molar-refractivity contribution in [3.8, 4) is 0 Å². The fourth-order valence-corrected chi connectivity index (χ4v) is 1.69. The highest BCUT2D eigenvalue weighted by atomic mass is 15.3. The van der Waals surface area contributed by atoms with E-state index in [1.807, 2.05) is 26.0 Å². The topological polar surface area (TPSA) is 45.4 Å². The summed E-state index contributed by atoms with van der Waals surface area (Å²) in [6.45, 7) is 8.18. The summed E-state index contributed by atoms with van der Waals surface area (Å²) in [5.74, 6) is 0.931. The predicted molar refractivity (Wildman–Crippen MR) is 69.7 cm³/mol. The molecule has 4 heteroatoms. The quantitative estimate of drug-likeness (QED) is 0.781. The van der Waals surface area contributed by atoms with Crippen molar-refractivity contribution in [1.29, 1.82) is 0 Å². The Hall–Kier alpha value is -1.29. The van der Waals surface area contributed by atoms with Gasteiger partial charge in [0.05, 0.1) is 5.69 Å². The Bertz CT molecular complexity index is 306. The zero-order valence-corrected chi connectivity index (χ0v) is 10.5. The number of hydrogen-bond donors (Lipinski definition) is 1. The lowest BCUT2D eigenvalue weighted by Gasteiger charge is -2.33. The fourth-order valence-electron chi connectivity index (χ4n) is 1.69. The van der Waals surface area contributed by atoms with Crippen LogP contribution in [0.5, 0.6) is 0 Å². The number of nitrogen functional groups attached to an aromatic ring is 1. The number of piperazine rings is 1.